The third kappa shape index (κ3) is 4.71. The van der Waals surface area contributed by atoms with Crippen molar-refractivity contribution in [3.05, 3.63) is 24.0 Å². The first-order chi connectivity index (χ1) is 13.3. The molecule has 1 N–H and O–H groups in total. The first-order valence-electron chi connectivity index (χ1n) is 9.53. The van der Waals surface area contributed by atoms with Crippen molar-refractivity contribution in [3.8, 4) is 0 Å². The van der Waals surface area contributed by atoms with Crippen molar-refractivity contribution in [2.75, 3.05) is 24.6 Å². The van der Waals surface area contributed by atoms with Crippen LogP contribution in [0.25, 0.3) is 5.65 Å². The van der Waals surface area contributed by atoms with Crippen LogP contribution in [0, 0.1) is 0 Å². The summed E-state index contributed by atoms with van der Waals surface area (Å²) in [4.78, 5) is 30.9. The van der Waals surface area contributed by atoms with Gasteiger partial charge in [-0.1, -0.05) is 0 Å². The number of hydrogen-bond donors (Lipinski definition) is 1. The third-order valence-electron chi connectivity index (χ3n) is 4.32. The van der Waals surface area contributed by atoms with E-state index in [2.05, 4.69) is 20.3 Å². The van der Waals surface area contributed by atoms with Crippen LogP contribution < -0.4 is 10.2 Å². The molecule has 28 heavy (non-hydrogen) atoms. The van der Waals surface area contributed by atoms with E-state index in [1.54, 1.807) is 17.6 Å². The normalized spacial score (nSPS) is 17.4. The molecule has 9 nitrogen and oxygen atoms in total. The molecule has 0 aliphatic carbocycles. The van der Waals surface area contributed by atoms with Crippen molar-refractivity contribution in [2.45, 2.75) is 52.2 Å². The minimum atomic E-state index is -0.531. The summed E-state index contributed by atoms with van der Waals surface area (Å²) in [6.45, 7) is 9.00. The first-order valence-corrected chi connectivity index (χ1v) is 9.53. The molecule has 1 atom stereocenters. The highest BCUT2D eigenvalue weighted by molar-refractivity contribution is 5.95. The predicted molar refractivity (Wildman–Crippen MR) is 104 cm³/mol. The van der Waals surface area contributed by atoms with Crippen molar-refractivity contribution >= 4 is 23.5 Å². The molecule has 0 bridgehead atoms. The number of esters is 1. The lowest BCUT2D eigenvalue weighted by molar-refractivity contribution is 0.0496. The van der Waals surface area contributed by atoms with E-state index in [0.29, 0.717) is 24.4 Å². The summed E-state index contributed by atoms with van der Waals surface area (Å²) < 4.78 is 12.0. The second-order valence-electron chi connectivity index (χ2n) is 7.76. The average molecular weight is 389 g/mol. The van der Waals surface area contributed by atoms with Gasteiger partial charge >= 0.3 is 12.1 Å². The van der Waals surface area contributed by atoms with Gasteiger partial charge in [-0.3, -0.25) is 0 Å². The number of ether oxygens (including phenoxy) is 2. The van der Waals surface area contributed by atoms with E-state index < -0.39 is 17.7 Å². The summed E-state index contributed by atoms with van der Waals surface area (Å²) in [5.41, 5.74) is 0.263. The van der Waals surface area contributed by atoms with E-state index in [9.17, 15) is 9.59 Å². The second kappa shape index (κ2) is 8.04. The van der Waals surface area contributed by atoms with Crippen molar-refractivity contribution in [1.82, 2.24) is 19.9 Å². The van der Waals surface area contributed by atoms with Crippen LogP contribution in [0.5, 0.6) is 0 Å². The van der Waals surface area contributed by atoms with E-state index in [1.165, 1.54) is 6.20 Å². The SMILES string of the molecule is CCOC(=O)c1cnn2ccc(N3CCC[C@H](NC(=O)OC(C)(C)C)C3)nc12. The Bertz CT molecular complexity index is 858. The maximum atomic E-state index is 12.1. The van der Waals surface area contributed by atoms with Crippen LogP contribution in [0.15, 0.2) is 18.5 Å². The van der Waals surface area contributed by atoms with Gasteiger partial charge in [0.2, 0.25) is 0 Å². The Labute approximate surface area is 164 Å². The minimum absolute atomic E-state index is 0.0314. The highest BCUT2D eigenvalue weighted by Crippen LogP contribution is 2.20. The van der Waals surface area contributed by atoms with Crippen LogP contribution in [0.3, 0.4) is 0 Å². The quantitative estimate of drug-likeness (QED) is 0.802. The Hall–Kier alpha value is -2.84. The number of carbonyl (C=O) groups is 2. The zero-order chi connectivity index (χ0) is 20.3. The standard InChI is InChI=1S/C19H27N5O4/c1-5-27-17(25)14-11-20-24-10-8-15(22-16(14)24)23-9-6-7-13(12-23)21-18(26)28-19(2,3)4/h8,10-11,13H,5-7,9,12H2,1-4H3,(H,21,26)/t13-/m0/s1. The van der Waals surface area contributed by atoms with Gasteiger partial charge in [-0.05, 0) is 46.6 Å². The molecule has 0 radical (unpaired) electrons. The number of aromatic nitrogens is 3. The molecule has 9 heteroatoms. The highest BCUT2D eigenvalue weighted by atomic mass is 16.6. The summed E-state index contributed by atoms with van der Waals surface area (Å²) >= 11 is 0. The first kappa shape index (κ1) is 19.9. The number of amides is 1. The third-order valence-corrected chi connectivity index (χ3v) is 4.32. The molecule has 1 aliphatic heterocycles. The summed E-state index contributed by atoms with van der Waals surface area (Å²) in [6, 6.07) is 1.82. The lowest BCUT2D eigenvalue weighted by Crippen LogP contribution is -2.49. The van der Waals surface area contributed by atoms with Gasteiger partial charge in [0.25, 0.3) is 0 Å². The fourth-order valence-corrected chi connectivity index (χ4v) is 3.17. The van der Waals surface area contributed by atoms with Gasteiger partial charge in [0.15, 0.2) is 5.65 Å². The number of nitrogens with one attached hydrogen (secondary N) is 1. The Morgan fingerprint density at radius 2 is 2.14 bits per heavy atom. The van der Waals surface area contributed by atoms with Crippen LogP contribution in [0.4, 0.5) is 10.6 Å². The Kier molecular flexibility index (Phi) is 5.71. The average Bonchev–Trinajstić information content (AvgIpc) is 3.03. The van der Waals surface area contributed by atoms with Crippen molar-refractivity contribution in [1.29, 1.82) is 0 Å². The van der Waals surface area contributed by atoms with E-state index in [4.69, 9.17) is 9.47 Å². The Morgan fingerprint density at radius 1 is 1.36 bits per heavy atom. The molecule has 0 saturated carbocycles. The highest BCUT2D eigenvalue weighted by Gasteiger charge is 2.25. The summed E-state index contributed by atoms with van der Waals surface area (Å²) in [6.07, 6.45) is 4.61. The van der Waals surface area contributed by atoms with Gasteiger partial charge in [-0.25, -0.2) is 19.1 Å². The van der Waals surface area contributed by atoms with Crippen molar-refractivity contribution in [2.24, 2.45) is 0 Å². The molecule has 0 aromatic carbocycles. The summed E-state index contributed by atoms with van der Waals surface area (Å²) in [7, 11) is 0. The van der Waals surface area contributed by atoms with E-state index >= 15 is 0 Å². The molecule has 2 aromatic rings. The van der Waals surface area contributed by atoms with Gasteiger partial charge in [-0.2, -0.15) is 5.10 Å². The Morgan fingerprint density at radius 3 is 2.86 bits per heavy atom. The van der Waals surface area contributed by atoms with Crippen LogP contribution in [0.2, 0.25) is 0 Å². The molecule has 1 fully saturated rings. The van der Waals surface area contributed by atoms with E-state index in [-0.39, 0.29) is 6.04 Å². The van der Waals surface area contributed by atoms with Gasteiger partial charge in [0, 0.05) is 25.3 Å². The zero-order valence-electron chi connectivity index (χ0n) is 16.8. The van der Waals surface area contributed by atoms with E-state index in [0.717, 1.165) is 25.2 Å². The number of carbonyl (C=O) groups excluding carboxylic acids is 2. The van der Waals surface area contributed by atoms with Crippen LogP contribution in [-0.4, -0.2) is 58.0 Å². The van der Waals surface area contributed by atoms with Crippen LogP contribution >= 0.6 is 0 Å². The lowest BCUT2D eigenvalue weighted by Gasteiger charge is -2.34. The number of anilines is 1. The molecule has 0 unspecified atom stereocenters. The van der Waals surface area contributed by atoms with E-state index in [1.807, 2.05) is 26.8 Å². The largest absolute Gasteiger partial charge is 0.462 e. The number of nitrogens with zero attached hydrogens (tertiary/aromatic N) is 4. The Balaban J connectivity index is 1.73. The molecule has 152 valence electrons. The molecule has 3 heterocycles. The molecular formula is C19H27N5O4. The second-order valence-corrected chi connectivity index (χ2v) is 7.76. The number of piperidine rings is 1. The monoisotopic (exact) mass is 389 g/mol. The predicted octanol–water partition coefficient (Wildman–Crippen LogP) is 2.40. The van der Waals surface area contributed by atoms with Gasteiger partial charge in [0.1, 0.15) is 17.0 Å². The molecule has 1 aliphatic rings. The fraction of sp³-hybridized carbons (Fsp3) is 0.579. The van der Waals surface area contributed by atoms with Gasteiger partial charge < -0.3 is 19.7 Å². The maximum absolute atomic E-state index is 12.1. The smallest absolute Gasteiger partial charge is 0.407 e. The molecule has 0 spiro atoms. The van der Waals surface area contributed by atoms with Crippen molar-refractivity contribution in [3.63, 3.8) is 0 Å². The molecule has 2 aromatic heterocycles. The van der Waals surface area contributed by atoms with Gasteiger partial charge in [0.05, 0.1) is 12.8 Å². The number of alkyl carbamates (subject to hydrolysis) is 1. The maximum Gasteiger partial charge on any atom is 0.407 e. The number of hydrogen-bond acceptors (Lipinski definition) is 7. The molecule has 1 amide bonds. The number of fused-ring (bicyclic) bond motifs is 1. The van der Waals surface area contributed by atoms with Crippen LogP contribution in [0.1, 0.15) is 50.9 Å². The van der Waals surface area contributed by atoms with Crippen LogP contribution in [-0.2, 0) is 9.47 Å². The summed E-state index contributed by atoms with van der Waals surface area (Å²) in [5.74, 6) is 0.291. The minimum Gasteiger partial charge on any atom is -0.462 e. The molecular weight excluding hydrogens is 362 g/mol. The summed E-state index contributed by atoms with van der Waals surface area (Å²) in [5, 5.41) is 7.09. The van der Waals surface area contributed by atoms with Crippen molar-refractivity contribution < 1.29 is 19.1 Å². The number of rotatable bonds is 4. The molecule has 1 saturated heterocycles. The topological polar surface area (TPSA) is 98.1 Å². The van der Waals surface area contributed by atoms with Gasteiger partial charge in [-0.15, -0.1) is 0 Å². The molecule has 3 rings (SSSR count). The fourth-order valence-electron chi connectivity index (χ4n) is 3.17. The lowest BCUT2D eigenvalue weighted by atomic mass is 10.1. The zero-order valence-corrected chi connectivity index (χ0v) is 16.8.